The lowest BCUT2D eigenvalue weighted by Crippen LogP contribution is -2.59. The van der Waals surface area contributed by atoms with E-state index in [-0.39, 0.29) is 5.91 Å². The number of fused-ring (bicyclic) bond motifs is 2. The van der Waals surface area contributed by atoms with Crippen LogP contribution in [0.3, 0.4) is 0 Å². The Morgan fingerprint density at radius 2 is 1.77 bits per heavy atom. The topological polar surface area (TPSA) is 44.4 Å². The van der Waals surface area contributed by atoms with E-state index in [1.54, 1.807) is 0 Å². The molecule has 3 aliphatic rings. The predicted octanol–water partition coefficient (Wildman–Crippen LogP) is 3.91. The molecule has 26 heavy (non-hydrogen) atoms. The molecule has 2 bridgehead atoms. The van der Waals surface area contributed by atoms with E-state index in [1.807, 2.05) is 0 Å². The van der Waals surface area contributed by atoms with Gasteiger partial charge in [0.05, 0.1) is 0 Å². The maximum absolute atomic E-state index is 12.1. The van der Waals surface area contributed by atoms with Gasteiger partial charge >= 0.3 is 0 Å². The molecule has 2 N–H and O–H groups in total. The van der Waals surface area contributed by atoms with E-state index in [0.717, 1.165) is 36.5 Å². The molecule has 4 nitrogen and oxygen atoms in total. The van der Waals surface area contributed by atoms with Crippen LogP contribution in [0.15, 0.2) is 18.2 Å². The van der Waals surface area contributed by atoms with E-state index < -0.39 is 0 Å². The number of carbonyl (C=O) groups excluding carboxylic acids is 1. The van der Waals surface area contributed by atoms with Gasteiger partial charge in [0.15, 0.2) is 5.11 Å². The van der Waals surface area contributed by atoms with E-state index >= 15 is 0 Å². The number of piperidine rings is 2. The van der Waals surface area contributed by atoms with E-state index in [1.165, 1.54) is 30.4 Å². The van der Waals surface area contributed by atoms with Crippen LogP contribution in [0.2, 0.25) is 0 Å². The third-order valence-corrected chi connectivity index (χ3v) is 6.57. The average Bonchev–Trinajstić information content (AvgIpc) is 3.42. The van der Waals surface area contributed by atoms with Gasteiger partial charge in [-0.25, -0.2) is 0 Å². The van der Waals surface area contributed by atoms with E-state index in [9.17, 15) is 4.79 Å². The second-order valence-electron chi connectivity index (χ2n) is 8.33. The third kappa shape index (κ3) is 3.73. The number of anilines is 1. The predicted molar refractivity (Wildman–Crippen MR) is 109 cm³/mol. The molecule has 4 rings (SSSR count). The number of amides is 1. The molecule has 1 aliphatic carbocycles. The Bertz CT molecular complexity index is 701. The van der Waals surface area contributed by atoms with Crippen LogP contribution in [0.1, 0.15) is 56.1 Å². The number of hydrogen-bond donors (Lipinski definition) is 2. The van der Waals surface area contributed by atoms with Gasteiger partial charge in [-0.05, 0) is 94.3 Å². The van der Waals surface area contributed by atoms with Gasteiger partial charge in [0.2, 0.25) is 5.91 Å². The highest BCUT2D eigenvalue weighted by molar-refractivity contribution is 7.80. The molecule has 1 aromatic carbocycles. The maximum Gasteiger partial charge on any atom is 0.223 e. The van der Waals surface area contributed by atoms with Crippen molar-refractivity contribution in [2.75, 3.05) is 5.32 Å². The SMILES string of the molecule is Cc1ccc(NC(=S)N2[C@H]3CCC[C@H]2CC(NC(=O)C2CC2)C3)cc1C. The number of benzene rings is 1. The van der Waals surface area contributed by atoms with Crippen LogP contribution in [0.5, 0.6) is 0 Å². The zero-order chi connectivity index (χ0) is 18.3. The fourth-order valence-corrected chi connectivity index (χ4v) is 4.92. The molecule has 1 aromatic rings. The molecule has 2 heterocycles. The van der Waals surface area contributed by atoms with E-state index in [2.05, 4.69) is 47.6 Å². The number of hydrogen-bond acceptors (Lipinski definition) is 2. The first-order valence-corrected chi connectivity index (χ1v) is 10.4. The number of aryl methyl sites for hydroxylation is 2. The van der Waals surface area contributed by atoms with Crippen molar-refractivity contribution in [3.05, 3.63) is 29.3 Å². The van der Waals surface area contributed by atoms with Crippen molar-refractivity contribution in [2.24, 2.45) is 5.92 Å². The minimum atomic E-state index is 0.275. The highest BCUT2D eigenvalue weighted by Gasteiger charge is 2.41. The lowest BCUT2D eigenvalue weighted by molar-refractivity contribution is -0.123. The molecule has 2 aliphatic heterocycles. The minimum Gasteiger partial charge on any atom is -0.353 e. The standard InChI is InChI=1S/C21H29N3OS/c1-13-6-9-16(10-14(13)2)23-21(26)24-18-4-3-5-19(24)12-17(11-18)22-20(25)15-7-8-15/h6,9-10,15,17-19H,3-5,7-8,11-12H2,1-2H3,(H,22,25)(H,23,26)/t18-,19-/m0/s1. The molecular formula is C21H29N3OS. The molecule has 1 amide bonds. The quantitative estimate of drug-likeness (QED) is 0.791. The molecule has 1 saturated carbocycles. The van der Waals surface area contributed by atoms with Crippen LogP contribution in [0.4, 0.5) is 5.69 Å². The first-order valence-electron chi connectivity index (χ1n) is 9.98. The normalized spacial score (nSPS) is 27.8. The van der Waals surface area contributed by atoms with Crippen molar-refractivity contribution in [1.29, 1.82) is 0 Å². The summed E-state index contributed by atoms with van der Waals surface area (Å²) < 4.78 is 0. The summed E-state index contributed by atoms with van der Waals surface area (Å²) in [4.78, 5) is 14.6. The maximum atomic E-state index is 12.1. The Hall–Kier alpha value is -1.62. The fraction of sp³-hybridized carbons (Fsp3) is 0.619. The zero-order valence-corrected chi connectivity index (χ0v) is 16.6. The zero-order valence-electron chi connectivity index (χ0n) is 15.8. The molecule has 2 atom stereocenters. The largest absolute Gasteiger partial charge is 0.353 e. The number of carbonyl (C=O) groups is 1. The summed E-state index contributed by atoms with van der Waals surface area (Å²) in [6, 6.07) is 7.62. The van der Waals surface area contributed by atoms with Gasteiger partial charge in [-0.1, -0.05) is 6.07 Å². The Kier molecular flexibility index (Phi) is 4.91. The summed E-state index contributed by atoms with van der Waals surface area (Å²) in [5.74, 6) is 0.567. The summed E-state index contributed by atoms with van der Waals surface area (Å²) in [5.41, 5.74) is 3.64. The van der Waals surface area contributed by atoms with Crippen molar-refractivity contribution in [1.82, 2.24) is 10.2 Å². The van der Waals surface area contributed by atoms with Crippen molar-refractivity contribution < 1.29 is 4.79 Å². The van der Waals surface area contributed by atoms with Gasteiger partial charge in [-0.3, -0.25) is 4.79 Å². The van der Waals surface area contributed by atoms with E-state index in [4.69, 9.17) is 12.2 Å². The summed E-state index contributed by atoms with van der Waals surface area (Å²) in [6.45, 7) is 4.26. The Morgan fingerprint density at radius 1 is 1.08 bits per heavy atom. The first kappa shape index (κ1) is 17.8. The summed E-state index contributed by atoms with van der Waals surface area (Å²) in [7, 11) is 0. The second kappa shape index (κ2) is 7.18. The summed E-state index contributed by atoms with van der Waals surface area (Å²) in [5, 5.41) is 7.61. The van der Waals surface area contributed by atoms with Crippen molar-refractivity contribution >= 4 is 28.9 Å². The molecule has 5 heteroatoms. The van der Waals surface area contributed by atoms with Crippen LogP contribution in [-0.2, 0) is 4.79 Å². The Balaban J connectivity index is 1.42. The lowest BCUT2D eigenvalue weighted by atomic mass is 9.82. The van der Waals surface area contributed by atoms with Gasteiger partial charge in [-0.2, -0.15) is 0 Å². The fourth-order valence-electron chi connectivity index (χ4n) is 4.50. The van der Waals surface area contributed by atoms with Crippen LogP contribution in [-0.4, -0.2) is 34.0 Å². The van der Waals surface area contributed by atoms with Gasteiger partial charge in [0, 0.05) is 29.7 Å². The average molecular weight is 372 g/mol. The van der Waals surface area contributed by atoms with Gasteiger partial charge in [0.25, 0.3) is 0 Å². The van der Waals surface area contributed by atoms with Gasteiger partial charge < -0.3 is 15.5 Å². The smallest absolute Gasteiger partial charge is 0.223 e. The second-order valence-corrected chi connectivity index (χ2v) is 8.71. The molecule has 2 saturated heterocycles. The molecule has 0 spiro atoms. The monoisotopic (exact) mass is 371 g/mol. The number of nitrogens with one attached hydrogen (secondary N) is 2. The first-order chi connectivity index (χ1) is 12.5. The molecule has 0 unspecified atom stereocenters. The third-order valence-electron chi connectivity index (χ3n) is 6.26. The highest BCUT2D eigenvalue weighted by Crippen LogP contribution is 2.36. The molecule has 0 radical (unpaired) electrons. The lowest BCUT2D eigenvalue weighted by Gasteiger charge is -2.50. The van der Waals surface area contributed by atoms with Crippen molar-refractivity contribution in [3.8, 4) is 0 Å². The van der Waals surface area contributed by atoms with Crippen molar-refractivity contribution in [2.45, 2.75) is 76.9 Å². The summed E-state index contributed by atoms with van der Waals surface area (Å²) in [6.07, 6.45) is 7.78. The van der Waals surface area contributed by atoms with Crippen LogP contribution in [0, 0.1) is 19.8 Å². The van der Waals surface area contributed by atoms with Crippen LogP contribution in [0.25, 0.3) is 0 Å². The van der Waals surface area contributed by atoms with Gasteiger partial charge in [0.1, 0.15) is 0 Å². The number of nitrogens with zero attached hydrogens (tertiary/aromatic N) is 1. The van der Waals surface area contributed by atoms with Crippen LogP contribution < -0.4 is 10.6 Å². The van der Waals surface area contributed by atoms with E-state index in [0.29, 0.717) is 24.0 Å². The Labute approximate surface area is 161 Å². The van der Waals surface area contributed by atoms with Crippen molar-refractivity contribution in [3.63, 3.8) is 0 Å². The number of thiocarbonyl (C=S) groups is 1. The molecule has 3 fully saturated rings. The minimum absolute atomic E-state index is 0.275. The number of rotatable bonds is 3. The molecule has 140 valence electrons. The molecular weight excluding hydrogens is 342 g/mol. The Morgan fingerprint density at radius 3 is 2.38 bits per heavy atom. The van der Waals surface area contributed by atoms with Gasteiger partial charge in [-0.15, -0.1) is 0 Å². The molecule has 0 aromatic heterocycles. The highest BCUT2D eigenvalue weighted by atomic mass is 32.1. The van der Waals surface area contributed by atoms with Crippen LogP contribution >= 0.6 is 12.2 Å². The summed E-state index contributed by atoms with van der Waals surface area (Å²) >= 11 is 5.79.